The predicted octanol–water partition coefficient (Wildman–Crippen LogP) is 14.1. The Labute approximate surface area is 298 Å². The molecular formula is C48H30N2S. The van der Waals surface area contributed by atoms with Gasteiger partial charge < -0.3 is 9.47 Å². The van der Waals surface area contributed by atoms with Gasteiger partial charge >= 0.3 is 0 Å². The van der Waals surface area contributed by atoms with Gasteiger partial charge in [-0.15, -0.1) is 11.3 Å². The minimum absolute atomic E-state index is 1.13. The van der Waals surface area contributed by atoms with Crippen LogP contribution < -0.4 is 4.90 Å². The molecule has 51 heavy (non-hydrogen) atoms. The first kappa shape index (κ1) is 28.4. The van der Waals surface area contributed by atoms with E-state index < -0.39 is 0 Å². The van der Waals surface area contributed by atoms with E-state index in [2.05, 4.69) is 191 Å². The van der Waals surface area contributed by atoms with Crippen LogP contribution in [-0.2, 0) is 0 Å². The Morgan fingerprint density at radius 2 is 1.04 bits per heavy atom. The average Bonchev–Trinajstić information content (AvgIpc) is 3.74. The molecule has 0 atom stereocenters. The summed E-state index contributed by atoms with van der Waals surface area (Å²) >= 11 is 1.87. The first-order valence-electron chi connectivity index (χ1n) is 17.4. The third kappa shape index (κ3) is 4.22. The van der Waals surface area contributed by atoms with E-state index in [9.17, 15) is 0 Å². The summed E-state index contributed by atoms with van der Waals surface area (Å²) in [7, 11) is 0. The summed E-state index contributed by atoms with van der Waals surface area (Å²) in [6.45, 7) is 0. The summed E-state index contributed by atoms with van der Waals surface area (Å²) in [4.78, 5) is 2.53. The van der Waals surface area contributed by atoms with Crippen LogP contribution in [0.2, 0.25) is 0 Å². The van der Waals surface area contributed by atoms with Crippen LogP contribution in [0.25, 0.3) is 80.0 Å². The second-order valence-electron chi connectivity index (χ2n) is 13.3. The Morgan fingerprint density at radius 1 is 0.373 bits per heavy atom. The minimum atomic E-state index is 1.13. The van der Waals surface area contributed by atoms with Crippen molar-refractivity contribution in [3.63, 3.8) is 0 Å². The van der Waals surface area contributed by atoms with E-state index >= 15 is 0 Å². The Morgan fingerprint density at radius 3 is 1.92 bits per heavy atom. The Hall–Kier alpha value is -6.42. The lowest BCUT2D eigenvalue weighted by molar-refractivity contribution is 1.18. The third-order valence-corrected chi connectivity index (χ3v) is 11.7. The molecule has 0 saturated heterocycles. The summed E-state index contributed by atoms with van der Waals surface area (Å²) in [6, 6.07) is 66.8. The number of para-hydroxylation sites is 2. The van der Waals surface area contributed by atoms with Gasteiger partial charge in [0.05, 0.1) is 22.4 Å². The predicted molar refractivity (Wildman–Crippen MR) is 221 cm³/mol. The molecule has 9 aromatic carbocycles. The molecule has 0 radical (unpaired) electrons. The summed E-state index contributed by atoms with van der Waals surface area (Å²) in [5, 5.41) is 12.6. The maximum Gasteiger partial charge on any atom is 0.0555 e. The van der Waals surface area contributed by atoms with E-state index in [4.69, 9.17) is 0 Å². The van der Waals surface area contributed by atoms with Gasteiger partial charge in [0.1, 0.15) is 0 Å². The second kappa shape index (κ2) is 11.0. The van der Waals surface area contributed by atoms with E-state index in [0.29, 0.717) is 0 Å². The Bertz CT molecular complexity index is 3150. The van der Waals surface area contributed by atoms with Crippen LogP contribution in [0.5, 0.6) is 0 Å². The fraction of sp³-hybridized carbons (Fsp3) is 0. The molecule has 11 aromatic rings. The van der Waals surface area contributed by atoms with Gasteiger partial charge in [-0.05, 0) is 87.6 Å². The Kier molecular flexibility index (Phi) is 6.16. The summed E-state index contributed by atoms with van der Waals surface area (Å²) in [5.74, 6) is 0. The van der Waals surface area contributed by atoms with Crippen molar-refractivity contribution in [2.45, 2.75) is 0 Å². The molecule has 2 heterocycles. The fourth-order valence-electron chi connectivity index (χ4n) is 8.33. The lowest BCUT2D eigenvalue weighted by Gasteiger charge is -2.29. The number of aromatic nitrogens is 1. The van der Waals surface area contributed by atoms with Crippen molar-refractivity contribution in [3.8, 4) is 5.69 Å². The molecule has 3 heteroatoms. The maximum absolute atomic E-state index is 2.53. The zero-order valence-corrected chi connectivity index (χ0v) is 28.4. The van der Waals surface area contributed by atoms with E-state index in [1.807, 2.05) is 11.3 Å². The van der Waals surface area contributed by atoms with E-state index in [-0.39, 0.29) is 0 Å². The van der Waals surface area contributed by atoms with Crippen molar-refractivity contribution in [2.75, 3.05) is 4.90 Å². The lowest BCUT2D eigenvalue weighted by atomic mass is 9.95. The van der Waals surface area contributed by atoms with Crippen LogP contribution in [0.1, 0.15) is 0 Å². The van der Waals surface area contributed by atoms with Gasteiger partial charge in [-0.3, -0.25) is 0 Å². The van der Waals surface area contributed by atoms with Crippen molar-refractivity contribution >= 4 is 103 Å². The molecule has 0 unspecified atom stereocenters. The monoisotopic (exact) mass is 666 g/mol. The van der Waals surface area contributed by atoms with Gasteiger partial charge in [-0.1, -0.05) is 121 Å². The highest BCUT2D eigenvalue weighted by Crippen LogP contribution is 2.49. The molecule has 2 aromatic heterocycles. The zero-order valence-electron chi connectivity index (χ0n) is 27.6. The van der Waals surface area contributed by atoms with Crippen LogP contribution in [0.15, 0.2) is 182 Å². The molecule has 0 aliphatic rings. The quantitative estimate of drug-likeness (QED) is 0.170. The van der Waals surface area contributed by atoms with Crippen molar-refractivity contribution in [1.29, 1.82) is 0 Å². The third-order valence-electron chi connectivity index (χ3n) is 10.5. The molecule has 0 aliphatic carbocycles. The summed E-state index contributed by atoms with van der Waals surface area (Å²) in [5.41, 5.74) is 7.04. The van der Waals surface area contributed by atoms with Gasteiger partial charge in [0, 0.05) is 47.7 Å². The highest BCUT2D eigenvalue weighted by atomic mass is 32.1. The van der Waals surface area contributed by atoms with Gasteiger partial charge in [-0.25, -0.2) is 0 Å². The number of anilines is 3. The normalized spacial score (nSPS) is 11.9. The number of hydrogen-bond donors (Lipinski definition) is 0. The topological polar surface area (TPSA) is 8.17 Å². The number of rotatable bonds is 4. The SMILES string of the molecule is c1ccc(-n2c3ccccc3c3cc(N(c4cc5c6ccccc6ccc5c5ccccc45)c4cccc5sc6ccccc6c45)ccc32)cc1. The van der Waals surface area contributed by atoms with Crippen molar-refractivity contribution < 1.29 is 0 Å². The van der Waals surface area contributed by atoms with Gasteiger partial charge in [0.2, 0.25) is 0 Å². The van der Waals surface area contributed by atoms with Gasteiger partial charge in [0.25, 0.3) is 0 Å². The first-order chi connectivity index (χ1) is 25.3. The average molecular weight is 667 g/mol. The number of hydrogen-bond acceptors (Lipinski definition) is 2. The number of thiophene rings is 1. The number of benzene rings is 9. The second-order valence-corrected chi connectivity index (χ2v) is 14.4. The molecule has 0 bridgehead atoms. The van der Waals surface area contributed by atoms with E-state index in [1.54, 1.807) is 0 Å². The van der Waals surface area contributed by atoms with Crippen molar-refractivity contribution in [3.05, 3.63) is 182 Å². The molecular weight excluding hydrogens is 637 g/mol. The van der Waals surface area contributed by atoms with Crippen LogP contribution in [0.3, 0.4) is 0 Å². The standard InChI is InChI=1S/C48H30N2S/c1-2-14-32(15-3-1)49-42-21-10-8-19-38(42)41-29-33(26-28-43(41)49)50(44-22-12-24-47-48(44)39-20-9-11-23-46(39)51-47)45-30-40-34-16-5-4-13-31(34)25-27-36(40)35-17-6-7-18-37(35)45/h1-30H. The molecule has 0 saturated carbocycles. The minimum Gasteiger partial charge on any atom is -0.309 e. The Balaban J connectivity index is 1.29. The molecule has 0 spiro atoms. The zero-order chi connectivity index (χ0) is 33.5. The summed E-state index contributed by atoms with van der Waals surface area (Å²) in [6.07, 6.45) is 0. The van der Waals surface area contributed by atoms with Crippen LogP contribution in [0, 0.1) is 0 Å². The van der Waals surface area contributed by atoms with E-state index in [0.717, 1.165) is 11.4 Å². The number of nitrogens with zero attached hydrogens (tertiary/aromatic N) is 2. The molecule has 2 nitrogen and oxygen atoms in total. The number of fused-ring (bicyclic) bond motifs is 11. The van der Waals surface area contributed by atoms with Gasteiger partial charge in [-0.2, -0.15) is 0 Å². The van der Waals surface area contributed by atoms with Crippen LogP contribution in [0.4, 0.5) is 17.1 Å². The molecule has 0 amide bonds. The van der Waals surface area contributed by atoms with Crippen molar-refractivity contribution in [1.82, 2.24) is 4.57 Å². The highest BCUT2D eigenvalue weighted by molar-refractivity contribution is 7.26. The molecule has 0 N–H and O–H groups in total. The van der Waals surface area contributed by atoms with Crippen molar-refractivity contribution in [2.24, 2.45) is 0 Å². The van der Waals surface area contributed by atoms with E-state index in [1.165, 1.54) is 85.7 Å². The molecule has 0 aliphatic heterocycles. The largest absolute Gasteiger partial charge is 0.309 e. The van der Waals surface area contributed by atoms with Crippen LogP contribution in [-0.4, -0.2) is 4.57 Å². The van der Waals surface area contributed by atoms with Gasteiger partial charge in [0.15, 0.2) is 0 Å². The molecule has 238 valence electrons. The first-order valence-corrected chi connectivity index (χ1v) is 18.3. The summed E-state index contributed by atoms with van der Waals surface area (Å²) < 4.78 is 4.98. The smallest absolute Gasteiger partial charge is 0.0555 e. The maximum atomic E-state index is 2.53. The van der Waals surface area contributed by atoms with Crippen LogP contribution >= 0.6 is 11.3 Å². The lowest BCUT2D eigenvalue weighted by Crippen LogP contribution is -2.11. The molecule has 0 fully saturated rings. The fourth-order valence-corrected chi connectivity index (χ4v) is 9.46. The highest BCUT2D eigenvalue weighted by Gasteiger charge is 2.23. The molecule has 11 rings (SSSR count).